The largest absolute Gasteiger partial charge is 0.448 e. The van der Waals surface area contributed by atoms with E-state index >= 15 is 0 Å². The molecule has 1 heterocycles. The Bertz CT molecular complexity index is 646. The van der Waals surface area contributed by atoms with Gasteiger partial charge < -0.3 is 9.84 Å². The molecule has 21 heavy (non-hydrogen) atoms. The van der Waals surface area contributed by atoms with Crippen molar-refractivity contribution < 1.29 is 19.2 Å². The summed E-state index contributed by atoms with van der Waals surface area (Å²) < 4.78 is 18.5. The third kappa shape index (κ3) is 3.51. The monoisotopic (exact) mass is 292 g/mol. The zero-order chi connectivity index (χ0) is 15.4. The molecule has 0 fully saturated rings. The van der Waals surface area contributed by atoms with Crippen molar-refractivity contribution in [2.75, 3.05) is 0 Å². The number of ether oxygens (including phenoxy) is 1. The molecule has 1 N–H and O–H groups in total. The maximum atomic E-state index is 13.2. The molecule has 2 aromatic rings. The Labute approximate surface area is 120 Å². The van der Waals surface area contributed by atoms with Crippen LogP contribution < -0.4 is 4.74 Å². The average molecular weight is 292 g/mol. The highest BCUT2D eigenvalue weighted by molar-refractivity contribution is 5.48. The highest BCUT2D eigenvalue weighted by Gasteiger charge is 2.17. The topological polar surface area (TPSA) is 85.5 Å². The molecular weight excluding hydrogens is 279 g/mol. The van der Waals surface area contributed by atoms with Crippen LogP contribution in [0.25, 0.3) is 0 Å². The van der Waals surface area contributed by atoms with Gasteiger partial charge in [0.15, 0.2) is 0 Å². The summed E-state index contributed by atoms with van der Waals surface area (Å²) in [5.74, 6) is -0.622. The Balaban J connectivity index is 2.26. The lowest BCUT2D eigenvalue weighted by atomic mass is 10.2. The zero-order valence-corrected chi connectivity index (χ0v) is 11.2. The van der Waals surface area contributed by atoms with Crippen LogP contribution in [0.5, 0.6) is 11.5 Å². The summed E-state index contributed by atoms with van der Waals surface area (Å²) in [6, 6.07) is 6.02. The molecule has 1 aromatic heterocycles. The average Bonchev–Trinajstić information content (AvgIpc) is 2.47. The number of halogens is 1. The van der Waals surface area contributed by atoms with Crippen LogP contribution in [-0.4, -0.2) is 15.0 Å². The third-order valence-electron chi connectivity index (χ3n) is 2.83. The van der Waals surface area contributed by atoms with Gasteiger partial charge in [0.25, 0.3) is 0 Å². The van der Waals surface area contributed by atoms with Crippen molar-refractivity contribution >= 4 is 5.69 Å². The van der Waals surface area contributed by atoms with Crippen molar-refractivity contribution in [2.24, 2.45) is 0 Å². The van der Waals surface area contributed by atoms with E-state index in [0.29, 0.717) is 12.1 Å². The second-order valence-corrected chi connectivity index (χ2v) is 4.31. The molecule has 110 valence electrons. The second-order valence-electron chi connectivity index (χ2n) is 4.31. The smallest absolute Gasteiger partial charge is 0.311 e. The van der Waals surface area contributed by atoms with E-state index in [0.717, 1.165) is 18.2 Å². The summed E-state index contributed by atoms with van der Waals surface area (Å²) in [6.45, 7) is 1.81. The van der Waals surface area contributed by atoms with Gasteiger partial charge >= 0.3 is 5.69 Å². The van der Waals surface area contributed by atoms with Crippen molar-refractivity contribution in [2.45, 2.75) is 19.4 Å². The molecule has 6 nitrogen and oxygen atoms in total. The second kappa shape index (κ2) is 6.27. The summed E-state index contributed by atoms with van der Waals surface area (Å²) >= 11 is 0. The van der Waals surface area contributed by atoms with E-state index in [9.17, 15) is 19.6 Å². The summed E-state index contributed by atoms with van der Waals surface area (Å²) in [5, 5.41) is 20.5. The van der Waals surface area contributed by atoms with Crippen LogP contribution in [0.15, 0.2) is 36.5 Å². The molecule has 0 bridgehead atoms. The van der Waals surface area contributed by atoms with E-state index in [1.807, 2.05) is 6.92 Å². The van der Waals surface area contributed by atoms with Gasteiger partial charge in [0, 0.05) is 12.1 Å². The van der Waals surface area contributed by atoms with E-state index in [1.165, 1.54) is 12.3 Å². The number of rotatable bonds is 5. The molecule has 0 unspecified atom stereocenters. The molecule has 7 heteroatoms. The molecule has 0 radical (unpaired) electrons. The number of aromatic nitrogens is 1. The highest BCUT2D eigenvalue weighted by Crippen LogP contribution is 2.31. The highest BCUT2D eigenvalue weighted by atomic mass is 19.1. The maximum Gasteiger partial charge on any atom is 0.311 e. The van der Waals surface area contributed by atoms with E-state index in [2.05, 4.69) is 4.98 Å². The SMILES string of the molecule is CC[C@@H](O)c1ccc(Oc2cc(F)ccc2[N+](=O)[O-])cn1. The van der Waals surface area contributed by atoms with Gasteiger partial charge in [-0.05, 0) is 24.6 Å². The number of nitro benzene ring substituents is 1. The molecule has 0 saturated heterocycles. The van der Waals surface area contributed by atoms with Crippen molar-refractivity contribution in [3.05, 3.63) is 58.2 Å². The van der Waals surface area contributed by atoms with Crippen LogP contribution in [0.2, 0.25) is 0 Å². The number of benzene rings is 1. The van der Waals surface area contributed by atoms with Crippen LogP contribution in [0.1, 0.15) is 25.1 Å². The number of aliphatic hydroxyl groups is 1. The van der Waals surface area contributed by atoms with E-state index in [1.54, 1.807) is 6.07 Å². The quantitative estimate of drug-likeness (QED) is 0.674. The normalized spacial score (nSPS) is 12.0. The standard InChI is InChI=1S/C14H13FN2O4/c1-2-13(18)11-5-4-10(8-16-11)21-14-7-9(15)3-6-12(14)17(19)20/h3-8,13,18H,2H2,1H3/t13-/m1/s1. The van der Waals surface area contributed by atoms with Crippen LogP contribution in [-0.2, 0) is 0 Å². The van der Waals surface area contributed by atoms with E-state index in [-0.39, 0.29) is 17.2 Å². The number of pyridine rings is 1. The maximum absolute atomic E-state index is 13.2. The fourth-order valence-corrected chi connectivity index (χ4v) is 1.71. The summed E-state index contributed by atoms with van der Waals surface area (Å²) in [4.78, 5) is 14.2. The van der Waals surface area contributed by atoms with Crippen LogP contribution >= 0.6 is 0 Å². The minimum atomic E-state index is -0.678. The van der Waals surface area contributed by atoms with Gasteiger partial charge in [-0.1, -0.05) is 6.92 Å². The molecule has 0 saturated carbocycles. The van der Waals surface area contributed by atoms with Crippen LogP contribution in [0, 0.1) is 15.9 Å². The number of nitrogens with zero attached hydrogens (tertiary/aromatic N) is 2. The van der Waals surface area contributed by atoms with E-state index in [4.69, 9.17) is 4.74 Å². The zero-order valence-electron chi connectivity index (χ0n) is 11.2. The van der Waals surface area contributed by atoms with Gasteiger partial charge in [0.2, 0.25) is 5.75 Å². The number of aliphatic hydroxyl groups excluding tert-OH is 1. The van der Waals surface area contributed by atoms with Gasteiger partial charge in [-0.3, -0.25) is 15.1 Å². The Morgan fingerprint density at radius 1 is 1.43 bits per heavy atom. The predicted octanol–water partition coefficient (Wildman–Crippen LogP) is 3.36. The number of hydrogen-bond donors (Lipinski definition) is 1. The number of hydrogen-bond acceptors (Lipinski definition) is 5. The van der Waals surface area contributed by atoms with Gasteiger partial charge in [-0.2, -0.15) is 0 Å². The lowest BCUT2D eigenvalue weighted by Gasteiger charge is -2.09. The lowest BCUT2D eigenvalue weighted by Crippen LogP contribution is -1.99. The first kappa shape index (κ1) is 14.9. The first-order chi connectivity index (χ1) is 10.0. The Morgan fingerprint density at radius 2 is 2.19 bits per heavy atom. The molecular formula is C14H13FN2O4. The van der Waals surface area contributed by atoms with Crippen molar-refractivity contribution in [1.29, 1.82) is 0 Å². The fourth-order valence-electron chi connectivity index (χ4n) is 1.71. The first-order valence-electron chi connectivity index (χ1n) is 6.27. The first-order valence-corrected chi connectivity index (χ1v) is 6.27. The van der Waals surface area contributed by atoms with Crippen LogP contribution in [0.3, 0.4) is 0 Å². The van der Waals surface area contributed by atoms with Crippen molar-refractivity contribution in [1.82, 2.24) is 4.98 Å². The molecule has 0 aliphatic heterocycles. The molecule has 0 spiro atoms. The Morgan fingerprint density at radius 3 is 2.76 bits per heavy atom. The molecule has 0 amide bonds. The van der Waals surface area contributed by atoms with Crippen molar-refractivity contribution in [3.8, 4) is 11.5 Å². The van der Waals surface area contributed by atoms with Gasteiger partial charge in [-0.25, -0.2) is 4.39 Å². The summed E-state index contributed by atoms with van der Waals surface area (Å²) in [6.07, 6.45) is 1.16. The van der Waals surface area contributed by atoms with Crippen LogP contribution in [0.4, 0.5) is 10.1 Å². The lowest BCUT2D eigenvalue weighted by molar-refractivity contribution is -0.385. The number of nitro groups is 1. The van der Waals surface area contributed by atoms with Gasteiger partial charge in [0.05, 0.1) is 22.9 Å². The van der Waals surface area contributed by atoms with Gasteiger partial charge in [-0.15, -0.1) is 0 Å². The summed E-state index contributed by atoms with van der Waals surface area (Å²) in [5.41, 5.74) is 0.132. The minimum absolute atomic E-state index is 0.203. The third-order valence-corrected chi connectivity index (χ3v) is 2.83. The molecule has 0 aliphatic rings. The molecule has 0 aliphatic carbocycles. The van der Waals surface area contributed by atoms with Gasteiger partial charge in [0.1, 0.15) is 11.6 Å². The molecule has 1 atom stereocenters. The minimum Gasteiger partial charge on any atom is -0.448 e. The molecule has 2 rings (SSSR count). The van der Waals surface area contributed by atoms with Crippen molar-refractivity contribution in [3.63, 3.8) is 0 Å². The Kier molecular flexibility index (Phi) is 4.44. The summed E-state index contributed by atoms with van der Waals surface area (Å²) in [7, 11) is 0. The van der Waals surface area contributed by atoms with E-state index < -0.39 is 16.8 Å². The molecule has 1 aromatic carbocycles. The predicted molar refractivity (Wildman–Crippen MR) is 72.6 cm³/mol. The Hall–Kier alpha value is -2.54. The fraction of sp³-hybridized carbons (Fsp3) is 0.214.